The fourth-order valence-corrected chi connectivity index (χ4v) is 4.58. The number of amides is 2. The molecule has 0 bridgehead atoms. The van der Waals surface area contributed by atoms with E-state index in [2.05, 4.69) is 10.3 Å². The van der Waals surface area contributed by atoms with Crippen molar-refractivity contribution in [1.82, 2.24) is 15.2 Å². The lowest BCUT2D eigenvalue weighted by Crippen LogP contribution is -2.52. The Bertz CT molecular complexity index is 770. The highest BCUT2D eigenvalue weighted by Gasteiger charge is 2.51. The van der Waals surface area contributed by atoms with E-state index in [0.29, 0.717) is 13.1 Å². The van der Waals surface area contributed by atoms with Gasteiger partial charge in [-0.25, -0.2) is 4.98 Å². The van der Waals surface area contributed by atoms with Crippen molar-refractivity contribution in [3.63, 3.8) is 0 Å². The average Bonchev–Trinajstić information content (AvgIpc) is 3.31. The summed E-state index contributed by atoms with van der Waals surface area (Å²) in [6.07, 6.45) is 2.66. The number of nitrogens with zero attached hydrogens (tertiary/aromatic N) is 2. The second kappa shape index (κ2) is 6.02. The van der Waals surface area contributed by atoms with E-state index in [0.717, 1.165) is 35.5 Å². The summed E-state index contributed by atoms with van der Waals surface area (Å²) in [4.78, 5) is 31.4. The number of carbonyl (C=O) groups excluding carboxylic acids is 2. The van der Waals surface area contributed by atoms with Crippen molar-refractivity contribution in [2.75, 3.05) is 13.1 Å². The first kappa shape index (κ1) is 15.3. The molecule has 2 aromatic rings. The van der Waals surface area contributed by atoms with Crippen LogP contribution in [0, 0.1) is 0 Å². The molecule has 5 nitrogen and oxygen atoms in total. The van der Waals surface area contributed by atoms with E-state index in [4.69, 9.17) is 0 Å². The van der Waals surface area contributed by atoms with Gasteiger partial charge in [-0.1, -0.05) is 30.3 Å². The van der Waals surface area contributed by atoms with Crippen molar-refractivity contribution in [3.05, 3.63) is 41.4 Å². The number of aromatic nitrogens is 1. The van der Waals surface area contributed by atoms with E-state index >= 15 is 0 Å². The van der Waals surface area contributed by atoms with Gasteiger partial charge in [-0.3, -0.25) is 9.59 Å². The van der Waals surface area contributed by atoms with Crippen molar-refractivity contribution in [2.24, 2.45) is 0 Å². The molecule has 2 aliphatic heterocycles. The molecule has 1 spiro atoms. The van der Waals surface area contributed by atoms with Crippen LogP contribution in [0.25, 0.3) is 10.6 Å². The third-order valence-corrected chi connectivity index (χ3v) is 5.88. The molecule has 0 unspecified atom stereocenters. The second-order valence-electron chi connectivity index (χ2n) is 6.37. The van der Waals surface area contributed by atoms with Gasteiger partial charge in [0.2, 0.25) is 11.8 Å². The number of nitrogens with one attached hydrogen (secondary N) is 1. The molecule has 24 heavy (non-hydrogen) atoms. The second-order valence-corrected chi connectivity index (χ2v) is 7.23. The summed E-state index contributed by atoms with van der Waals surface area (Å²) >= 11 is 1.55. The number of likely N-dealkylation sites (tertiary alicyclic amines) is 1. The van der Waals surface area contributed by atoms with Gasteiger partial charge in [0.1, 0.15) is 10.5 Å². The van der Waals surface area contributed by atoms with E-state index in [1.165, 1.54) is 0 Å². The summed E-state index contributed by atoms with van der Waals surface area (Å²) in [5.74, 6) is 0.0195. The summed E-state index contributed by atoms with van der Waals surface area (Å²) in [5.41, 5.74) is 1.24. The Balaban J connectivity index is 1.51. The highest BCUT2D eigenvalue weighted by molar-refractivity contribution is 7.13. The smallest absolute Gasteiger partial charge is 0.246 e. The molecule has 0 saturated carbocycles. The van der Waals surface area contributed by atoms with Gasteiger partial charge in [-0.15, -0.1) is 11.3 Å². The highest BCUT2D eigenvalue weighted by atomic mass is 32.1. The van der Waals surface area contributed by atoms with E-state index in [1.807, 2.05) is 35.7 Å². The van der Waals surface area contributed by atoms with Crippen LogP contribution in [-0.4, -0.2) is 40.3 Å². The summed E-state index contributed by atoms with van der Waals surface area (Å²) in [6, 6.07) is 9.97. The lowest BCUT2D eigenvalue weighted by atomic mass is 9.94. The fraction of sp³-hybridized carbons (Fsp3) is 0.389. The molecule has 1 N–H and O–H groups in total. The molecule has 2 saturated heterocycles. The van der Waals surface area contributed by atoms with Crippen LogP contribution in [0.2, 0.25) is 0 Å². The van der Waals surface area contributed by atoms with E-state index in [1.54, 1.807) is 16.2 Å². The van der Waals surface area contributed by atoms with E-state index in [9.17, 15) is 9.59 Å². The number of thiazole rings is 1. The number of hydrogen-bond donors (Lipinski definition) is 1. The zero-order chi connectivity index (χ0) is 16.6. The molecule has 1 atom stereocenters. The minimum atomic E-state index is -0.602. The number of benzene rings is 1. The first-order valence-electron chi connectivity index (χ1n) is 8.28. The predicted octanol–water partition coefficient (Wildman–Crippen LogP) is 2.23. The molecule has 2 aliphatic rings. The van der Waals surface area contributed by atoms with Crippen LogP contribution in [0.15, 0.2) is 35.7 Å². The van der Waals surface area contributed by atoms with Gasteiger partial charge >= 0.3 is 0 Å². The summed E-state index contributed by atoms with van der Waals surface area (Å²) in [5, 5.41) is 5.75. The monoisotopic (exact) mass is 341 g/mol. The Labute approximate surface area is 144 Å². The van der Waals surface area contributed by atoms with Gasteiger partial charge < -0.3 is 10.2 Å². The van der Waals surface area contributed by atoms with Gasteiger partial charge in [-0.2, -0.15) is 0 Å². The Morgan fingerprint density at radius 3 is 2.88 bits per heavy atom. The largest absolute Gasteiger partial charge is 0.354 e. The third kappa shape index (κ3) is 2.51. The SMILES string of the molecule is O=C(Cc1csc(-c2ccccc2)n1)N1CCC[C@]12CCNC2=O. The topological polar surface area (TPSA) is 62.3 Å². The summed E-state index contributed by atoms with van der Waals surface area (Å²) in [6.45, 7) is 1.33. The molecular weight excluding hydrogens is 322 g/mol. The minimum Gasteiger partial charge on any atom is -0.354 e. The molecule has 6 heteroatoms. The maximum absolute atomic E-state index is 12.8. The lowest BCUT2D eigenvalue weighted by molar-refractivity contribution is -0.142. The Morgan fingerprint density at radius 2 is 2.12 bits per heavy atom. The molecule has 0 radical (unpaired) electrons. The maximum atomic E-state index is 12.8. The summed E-state index contributed by atoms with van der Waals surface area (Å²) in [7, 11) is 0. The van der Waals surface area contributed by atoms with Crippen LogP contribution in [0.4, 0.5) is 0 Å². The van der Waals surface area contributed by atoms with Crippen LogP contribution >= 0.6 is 11.3 Å². The number of rotatable bonds is 3. The first-order chi connectivity index (χ1) is 11.7. The minimum absolute atomic E-state index is 0.00876. The van der Waals surface area contributed by atoms with Crippen LogP contribution in [0.1, 0.15) is 25.0 Å². The van der Waals surface area contributed by atoms with Gasteiger partial charge in [0, 0.05) is 24.0 Å². The maximum Gasteiger partial charge on any atom is 0.246 e. The molecule has 3 heterocycles. The van der Waals surface area contributed by atoms with Crippen molar-refractivity contribution in [2.45, 2.75) is 31.2 Å². The third-order valence-electron chi connectivity index (χ3n) is 4.94. The molecule has 2 amide bonds. The number of carbonyl (C=O) groups is 2. The summed E-state index contributed by atoms with van der Waals surface area (Å²) < 4.78 is 0. The normalized spacial score (nSPS) is 23.0. The Kier molecular flexibility index (Phi) is 3.84. The quantitative estimate of drug-likeness (QED) is 0.931. The van der Waals surface area contributed by atoms with Gasteiger partial charge in [-0.05, 0) is 19.3 Å². The molecule has 124 valence electrons. The number of hydrogen-bond acceptors (Lipinski definition) is 4. The first-order valence-corrected chi connectivity index (χ1v) is 9.16. The standard InChI is InChI=1S/C18H19N3O2S/c22-15(21-10-4-7-18(21)8-9-19-17(18)23)11-14-12-24-16(20-14)13-5-2-1-3-6-13/h1-3,5-6,12H,4,7-11H2,(H,19,23)/t18-/m1/s1. The molecule has 4 rings (SSSR count). The fourth-order valence-electron chi connectivity index (χ4n) is 3.75. The zero-order valence-corrected chi connectivity index (χ0v) is 14.1. The van der Waals surface area contributed by atoms with Gasteiger partial charge in [0.05, 0.1) is 12.1 Å². The average molecular weight is 341 g/mol. The Morgan fingerprint density at radius 1 is 1.29 bits per heavy atom. The van der Waals surface area contributed by atoms with Crippen molar-refractivity contribution < 1.29 is 9.59 Å². The van der Waals surface area contributed by atoms with E-state index < -0.39 is 5.54 Å². The van der Waals surface area contributed by atoms with Crippen LogP contribution < -0.4 is 5.32 Å². The molecule has 1 aromatic heterocycles. The van der Waals surface area contributed by atoms with Crippen LogP contribution in [0.5, 0.6) is 0 Å². The van der Waals surface area contributed by atoms with Gasteiger partial charge in [0.25, 0.3) is 0 Å². The molecule has 0 aliphatic carbocycles. The highest BCUT2D eigenvalue weighted by Crippen LogP contribution is 2.36. The van der Waals surface area contributed by atoms with Gasteiger partial charge in [0.15, 0.2) is 0 Å². The van der Waals surface area contributed by atoms with Crippen molar-refractivity contribution in [1.29, 1.82) is 0 Å². The Hall–Kier alpha value is -2.21. The molecule has 1 aromatic carbocycles. The lowest BCUT2D eigenvalue weighted by Gasteiger charge is -2.32. The molecular formula is C18H19N3O2S. The van der Waals surface area contributed by atoms with Crippen LogP contribution in [-0.2, 0) is 16.0 Å². The molecule has 2 fully saturated rings. The van der Waals surface area contributed by atoms with E-state index in [-0.39, 0.29) is 18.2 Å². The van der Waals surface area contributed by atoms with Crippen LogP contribution in [0.3, 0.4) is 0 Å². The van der Waals surface area contributed by atoms with Crippen molar-refractivity contribution >= 4 is 23.2 Å². The predicted molar refractivity (Wildman–Crippen MR) is 92.6 cm³/mol. The van der Waals surface area contributed by atoms with Crippen molar-refractivity contribution in [3.8, 4) is 10.6 Å². The zero-order valence-electron chi connectivity index (χ0n) is 13.3.